The van der Waals surface area contributed by atoms with Crippen LogP contribution in [0, 0.1) is 13.8 Å². The molecular weight excluding hydrogens is 214 g/mol. The molecule has 1 aromatic heterocycles. The van der Waals surface area contributed by atoms with Crippen molar-refractivity contribution >= 4 is 5.91 Å². The molecule has 0 saturated heterocycles. The molecular formula is C13H23N3O. The first-order valence-corrected chi connectivity index (χ1v) is 6.30. The maximum Gasteiger partial charge on any atom is 0.238 e. The zero-order valence-corrected chi connectivity index (χ0v) is 10.8. The van der Waals surface area contributed by atoms with Gasteiger partial charge in [-0.1, -0.05) is 12.8 Å². The minimum Gasteiger partial charge on any atom is -0.330 e. The van der Waals surface area contributed by atoms with E-state index in [1.807, 2.05) is 30.7 Å². The minimum absolute atomic E-state index is 0.0835. The standard InChI is InChI=1S/C13H23N3O/c1-11-8-9-12(2)16(11)15-13(17)7-5-3-4-6-10-14/h8-9H,3-7,10,14H2,1-2H3,(H,15,17). The lowest BCUT2D eigenvalue weighted by molar-refractivity contribution is -0.117. The molecule has 1 rings (SSSR count). The lowest BCUT2D eigenvalue weighted by Crippen LogP contribution is -2.24. The molecule has 1 amide bonds. The summed E-state index contributed by atoms with van der Waals surface area (Å²) in [6, 6.07) is 3.99. The van der Waals surface area contributed by atoms with Gasteiger partial charge in [-0.2, -0.15) is 0 Å². The van der Waals surface area contributed by atoms with Crippen LogP contribution in [-0.2, 0) is 4.79 Å². The molecule has 0 spiro atoms. The molecule has 0 unspecified atom stereocenters. The van der Waals surface area contributed by atoms with E-state index in [2.05, 4.69) is 5.43 Å². The van der Waals surface area contributed by atoms with Crippen molar-refractivity contribution < 1.29 is 4.79 Å². The highest BCUT2D eigenvalue weighted by molar-refractivity contribution is 5.83. The average Bonchev–Trinajstić information content (AvgIpc) is 2.60. The Morgan fingerprint density at radius 3 is 2.35 bits per heavy atom. The Bertz CT molecular complexity index is 338. The van der Waals surface area contributed by atoms with Crippen LogP contribution in [0.4, 0.5) is 0 Å². The predicted molar refractivity (Wildman–Crippen MR) is 70.4 cm³/mol. The number of carbonyl (C=O) groups excluding carboxylic acids is 1. The van der Waals surface area contributed by atoms with E-state index in [1.165, 1.54) is 0 Å². The van der Waals surface area contributed by atoms with E-state index in [0.717, 1.165) is 43.6 Å². The number of rotatable bonds is 7. The van der Waals surface area contributed by atoms with Crippen molar-refractivity contribution in [2.75, 3.05) is 12.0 Å². The van der Waals surface area contributed by atoms with Gasteiger partial charge in [0.1, 0.15) is 0 Å². The fraction of sp³-hybridized carbons (Fsp3) is 0.615. The number of hydrogen-bond donors (Lipinski definition) is 2. The monoisotopic (exact) mass is 237 g/mol. The molecule has 0 aliphatic heterocycles. The molecule has 0 radical (unpaired) electrons. The molecule has 0 saturated carbocycles. The first-order chi connectivity index (χ1) is 8.15. The average molecular weight is 237 g/mol. The van der Waals surface area contributed by atoms with Crippen LogP contribution in [0.1, 0.15) is 43.5 Å². The molecule has 3 N–H and O–H groups in total. The van der Waals surface area contributed by atoms with Crippen molar-refractivity contribution in [3.05, 3.63) is 23.5 Å². The number of nitrogens with zero attached hydrogens (tertiary/aromatic N) is 1. The summed E-state index contributed by atoms with van der Waals surface area (Å²) in [6.07, 6.45) is 4.77. The third-order valence-electron chi connectivity index (χ3n) is 2.87. The number of nitrogens with two attached hydrogens (primary N) is 1. The molecule has 4 heteroatoms. The number of amides is 1. The topological polar surface area (TPSA) is 60.0 Å². The van der Waals surface area contributed by atoms with Gasteiger partial charge in [-0.25, -0.2) is 0 Å². The summed E-state index contributed by atoms with van der Waals surface area (Å²) in [7, 11) is 0. The SMILES string of the molecule is Cc1ccc(C)n1NC(=O)CCCCCCN. The molecule has 0 aliphatic rings. The Morgan fingerprint density at radius 2 is 1.76 bits per heavy atom. The van der Waals surface area contributed by atoms with Crippen LogP contribution in [0.15, 0.2) is 12.1 Å². The maximum atomic E-state index is 11.7. The van der Waals surface area contributed by atoms with Crippen LogP contribution in [0.5, 0.6) is 0 Å². The Kier molecular flexibility index (Phi) is 5.77. The molecule has 1 aromatic rings. The van der Waals surface area contributed by atoms with Gasteiger partial charge in [0.15, 0.2) is 0 Å². The van der Waals surface area contributed by atoms with Gasteiger partial charge in [0.2, 0.25) is 5.91 Å². The molecule has 0 aromatic carbocycles. The van der Waals surface area contributed by atoms with Gasteiger partial charge in [-0.15, -0.1) is 0 Å². The van der Waals surface area contributed by atoms with E-state index in [9.17, 15) is 4.79 Å². The highest BCUT2D eigenvalue weighted by Gasteiger charge is 2.05. The maximum absolute atomic E-state index is 11.7. The number of aryl methyl sites for hydroxylation is 2. The number of unbranched alkanes of at least 4 members (excludes halogenated alkanes) is 3. The van der Waals surface area contributed by atoms with Crippen molar-refractivity contribution in [1.29, 1.82) is 0 Å². The fourth-order valence-electron chi connectivity index (χ4n) is 1.81. The Balaban J connectivity index is 2.26. The molecule has 17 heavy (non-hydrogen) atoms. The number of hydrogen-bond acceptors (Lipinski definition) is 2. The molecule has 0 fully saturated rings. The summed E-state index contributed by atoms with van der Waals surface area (Å²) in [5, 5.41) is 0. The van der Waals surface area contributed by atoms with Crippen molar-refractivity contribution in [3.63, 3.8) is 0 Å². The van der Waals surface area contributed by atoms with Gasteiger partial charge >= 0.3 is 0 Å². The quantitative estimate of drug-likeness (QED) is 0.713. The largest absolute Gasteiger partial charge is 0.330 e. The molecule has 0 aliphatic carbocycles. The van der Waals surface area contributed by atoms with Crippen molar-refractivity contribution in [3.8, 4) is 0 Å². The number of aromatic nitrogens is 1. The molecule has 96 valence electrons. The van der Waals surface area contributed by atoms with Crippen LogP contribution in [0.25, 0.3) is 0 Å². The minimum atomic E-state index is 0.0835. The first-order valence-electron chi connectivity index (χ1n) is 6.30. The van der Waals surface area contributed by atoms with Gasteiger partial charge in [-0.05, 0) is 45.4 Å². The van der Waals surface area contributed by atoms with Gasteiger partial charge in [0.05, 0.1) is 0 Å². The number of carbonyl (C=O) groups is 1. The highest BCUT2D eigenvalue weighted by atomic mass is 16.2. The zero-order chi connectivity index (χ0) is 12.7. The van der Waals surface area contributed by atoms with E-state index in [-0.39, 0.29) is 5.91 Å². The van der Waals surface area contributed by atoms with Crippen molar-refractivity contribution in [2.45, 2.75) is 46.0 Å². The van der Waals surface area contributed by atoms with Crippen LogP contribution < -0.4 is 11.2 Å². The predicted octanol–water partition coefficient (Wildman–Crippen LogP) is 2.08. The van der Waals surface area contributed by atoms with Crippen LogP contribution in [0.3, 0.4) is 0 Å². The fourth-order valence-corrected chi connectivity index (χ4v) is 1.81. The van der Waals surface area contributed by atoms with Crippen LogP contribution in [0.2, 0.25) is 0 Å². The second-order valence-corrected chi connectivity index (χ2v) is 4.44. The van der Waals surface area contributed by atoms with E-state index in [4.69, 9.17) is 5.73 Å². The first kappa shape index (κ1) is 13.8. The van der Waals surface area contributed by atoms with E-state index >= 15 is 0 Å². The summed E-state index contributed by atoms with van der Waals surface area (Å²) < 4.78 is 1.84. The van der Waals surface area contributed by atoms with Crippen LogP contribution in [-0.4, -0.2) is 17.1 Å². The van der Waals surface area contributed by atoms with E-state index < -0.39 is 0 Å². The Hall–Kier alpha value is -1.29. The summed E-state index contributed by atoms with van der Waals surface area (Å²) in [6.45, 7) is 4.71. The molecule has 1 heterocycles. The third kappa shape index (κ3) is 4.61. The normalized spacial score (nSPS) is 10.5. The Morgan fingerprint density at radius 1 is 1.18 bits per heavy atom. The van der Waals surface area contributed by atoms with Gasteiger partial charge in [0, 0.05) is 17.8 Å². The summed E-state index contributed by atoms with van der Waals surface area (Å²) in [5.74, 6) is 0.0835. The second kappa shape index (κ2) is 7.12. The van der Waals surface area contributed by atoms with E-state index in [1.54, 1.807) is 0 Å². The highest BCUT2D eigenvalue weighted by Crippen LogP contribution is 2.06. The molecule has 0 atom stereocenters. The van der Waals surface area contributed by atoms with Gasteiger partial charge in [-0.3, -0.25) is 14.9 Å². The third-order valence-corrected chi connectivity index (χ3v) is 2.87. The van der Waals surface area contributed by atoms with Crippen molar-refractivity contribution in [2.24, 2.45) is 5.73 Å². The summed E-state index contributed by atoms with van der Waals surface area (Å²) in [5.41, 5.74) is 10.4. The lowest BCUT2D eigenvalue weighted by atomic mass is 10.1. The smallest absolute Gasteiger partial charge is 0.238 e. The van der Waals surface area contributed by atoms with Crippen molar-refractivity contribution in [1.82, 2.24) is 4.68 Å². The zero-order valence-electron chi connectivity index (χ0n) is 10.8. The van der Waals surface area contributed by atoms with E-state index in [0.29, 0.717) is 6.42 Å². The molecule has 0 bridgehead atoms. The van der Waals surface area contributed by atoms with Gasteiger partial charge in [0.25, 0.3) is 0 Å². The summed E-state index contributed by atoms with van der Waals surface area (Å²) >= 11 is 0. The van der Waals surface area contributed by atoms with Crippen LogP contribution >= 0.6 is 0 Å². The molecule has 4 nitrogen and oxygen atoms in total. The number of nitrogens with one attached hydrogen (secondary N) is 1. The Labute approximate surface area is 103 Å². The lowest BCUT2D eigenvalue weighted by Gasteiger charge is -2.11. The van der Waals surface area contributed by atoms with Gasteiger partial charge < -0.3 is 5.73 Å². The summed E-state index contributed by atoms with van der Waals surface area (Å²) in [4.78, 5) is 11.7. The second-order valence-electron chi connectivity index (χ2n) is 4.44.